The van der Waals surface area contributed by atoms with Crippen molar-refractivity contribution in [3.05, 3.63) is 24.8 Å². The van der Waals surface area contributed by atoms with Crippen LogP contribution in [0.4, 0.5) is 0 Å². The molecular formula is C13H22O2. The van der Waals surface area contributed by atoms with Gasteiger partial charge in [-0.3, -0.25) is 0 Å². The molecule has 0 fully saturated rings. The Morgan fingerprint density at radius 1 is 1.53 bits per heavy atom. The smallest absolute Gasteiger partial charge is 0.331 e. The van der Waals surface area contributed by atoms with E-state index in [1.165, 1.54) is 0 Å². The Morgan fingerprint density at radius 3 is 2.47 bits per heavy atom. The predicted molar refractivity (Wildman–Crippen MR) is 63.8 cm³/mol. The molecule has 0 saturated heterocycles. The number of carboxylic acids is 1. The van der Waals surface area contributed by atoms with Gasteiger partial charge in [0.1, 0.15) is 0 Å². The van der Waals surface area contributed by atoms with Gasteiger partial charge in [0.15, 0.2) is 0 Å². The minimum Gasteiger partial charge on any atom is -0.478 e. The van der Waals surface area contributed by atoms with Crippen LogP contribution in [0.1, 0.15) is 40.0 Å². The molecule has 86 valence electrons. The van der Waals surface area contributed by atoms with Crippen molar-refractivity contribution in [1.82, 2.24) is 0 Å². The second-order valence-corrected chi connectivity index (χ2v) is 4.77. The third-order valence-corrected chi connectivity index (χ3v) is 2.94. The van der Waals surface area contributed by atoms with Gasteiger partial charge in [-0.2, -0.15) is 0 Å². The maximum absolute atomic E-state index is 10.8. The molecule has 0 aromatic heterocycles. The molecule has 1 N–H and O–H groups in total. The van der Waals surface area contributed by atoms with Crippen molar-refractivity contribution >= 4 is 5.97 Å². The number of carbonyl (C=O) groups is 1. The topological polar surface area (TPSA) is 37.3 Å². The monoisotopic (exact) mass is 210 g/mol. The molecule has 0 rings (SSSR count). The highest BCUT2D eigenvalue weighted by molar-refractivity contribution is 5.87. The zero-order valence-corrected chi connectivity index (χ0v) is 10.0. The van der Waals surface area contributed by atoms with Crippen LogP contribution in [-0.2, 0) is 4.79 Å². The summed E-state index contributed by atoms with van der Waals surface area (Å²) in [5, 5.41) is 8.86. The number of carboxylic acid groups (broad SMARTS) is 1. The predicted octanol–water partition coefficient (Wildman–Crippen LogP) is 3.65. The molecule has 2 heteroatoms. The molecule has 0 amide bonds. The Balaban J connectivity index is 4.10. The SMILES string of the molecule is C=CC(C)CCCC(C)(C)C(=C)C(=O)O. The lowest BCUT2D eigenvalue weighted by atomic mass is 9.80. The van der Waals surface area contributed by atoms with E-state index in [0.29, 0.717) is 11.5 Å². The van der Waals surface area contributed by atoms with Gasteiger partial charge in [-0.15, -0.1) is 6.58 Å². The van der Waals surface area contributed by atoms with E-state index in [-0.39, 0.29) is 5.41 Å². The first-order valence-electron chi connectivity index (χ1n) is 5.36. The summed E-state index contributed by atoms with van der Waals surface area (Å²) in [5.74, 6) is -0.393. The zero-order valence-electron chi connectivity index (χ0n) is 10.0. The van der Waals surface area contributed by atoms with Gasteiger partial charge in [-0.1, -0.05) is 39.8 Å². The molecule has 0 radical (unpaired) electrons. The summed E-state index contributed by atoms with van der Waals surface area (Å²) >= 11 is 0. The van der Waals surface area contributed by atoms with E-state index in [9.17, 15) is 4.79 Å². The molecule has 0 spiro atoms. The van der Waals surface area contributed by atoms with E-state index in [4.69, 9.17) is 5.11 Å². The lowest BCUT2D eigenvalue weighted by Crippen LogP contribution is -2.20. The van der Waals surface area contributed by atoms with E-state index in [1.807, 2.05) is 19.9 Å². The molecule has 2 nitrogen and oxygen atoms in total. The number of rotatable bonds is 7. The van der Waals surface area contributed by atoms with Crippen LogP contribution in [0.5, 0.6) is 0 Å². The summed E-state index contributed by atoms with van der Waals surface area (Å²) in [6, 6.07) is 0. The summed E-state index contributed by atoms with van der Waals surface area (Å²) in [5.41, 5.74) is -0.0130. The van der Waals surface area contributed by atoms with Crippen molar-refractivity contribution in [3.63, 3.8) is 0 Å². The van der Waals surface area contributed by atoms with Gasteiger partial charge in [0.2, 0.25) is 0 Å². The van der Waals surface area contributed by atoms with Gasteiger partial charge in [-0.25, -0.2) is 4.79 Å². The van der Waals surface area contributed by atoms with Crippen LogP contribution in [0.15, 0.2) is 24.8 Å². The average Bonchev–Trinajstić information content (AvgIpc) is 2.15. The Hall–Kier alpha value is -1.05. The summed E-state index contributed by atoms with van der Waals surface area (Å²) in [6.45, 7) is 13.3. The third kappa shape index (κ3) is 4.82. The first-order chi connectivity index (χ1) is 6.81. The van der Waals surface area contributed by atoms with Gasteiger partial charge >= 0.3 is 5.97 Å². The second-order valence-electron chi connectivity index (χ2n) is 4.77. The molecule has 0 aliphatic rings. The maximum atomic E-state index is 10.8. The molecule has 0 bridgehead atoms. The second kappa shape index (κ2) is 5.74. The Kier molecular flexibility index (Phi) is 5.34. The van der Waals surface area contributed by atoms with E-state index in [0.717, 1.165) is 19.3 Å². The zero-order chi connectivity index (χ0) is 12.1. The van der Waals surface area contributed by atoms with Crippen molar-refractivity contribution in [2.24, 2.45) is 11.3 Å². The molecule has 0 aromatic rings. The van der Waals surface area contributed by atoms with Crippen LogP contribution in [0.3, 0.4) is 0 Å². The number of hydrogen-bond acceptors (Lipinski definition) is 1. The summed E-state index contributed by atoms with van der Waals surface area (Å²) < 4.78 is 0. The van der Waals surface area contributed by atoms with Crippen molar-refractivity contribution in [3.8, 4) is 0 Å². The van der Waals surface area contributed by atoms with Gasteiger partial charge in [0.05, 0.1) is 0 Å². The summed E-state index contributed by atoms with van der Waals surface area (Å²) in [6.07, 6.45) is 4.85. The minimum atomic E-state index is -0.892. The van der Waals surface area contributed by atoms with Gasteiger partial charge < -0.3 is 5.11 Å². The standard InChI is InChI=1S/C13H22O2/c1-6-10(2)8-7-9-13(4,5)11(3)12(14)15/h6,10H,1,3,7-9H2,2,4-5H3,(H,14,15). The van der Waals surface area contributed by atoms with Gasteiger partial charge in [0, 0.05) is 5.57 Å². The summed E-state index contributed by atoms with van der Waals surface area (Å²) in [7, 11) is 0. The van der Waals surface area contributed by atoms with Gasteiger partial charge in [0.25, 0.3) is 0 Å². The maximum Gasteiger partial charge on any atom is 0.331 e. The summed E-state index contributed by atoms with van der Waals surface area (Å²) in [4.78, 5) is 10.8. The van der Waals surface area contributed by atoms with Crippen LogP contribution in [-0.4, -0.2) is 11.1 Å². The fourth-order valence-corrected chi connectivity index (χ4v) is 1.42. The molecule has 0 saturated carbocycles. The Morgan fingerprint density at radius 2 is 2.07 bits per heavy atom. The van der Waals surface area contributed by atoms with Crippen molar-refractivity contribution in [2.45, 2.75) is 40.0 Å². The van der Waals surface area contributed by atoms with Crippen LogP contribution in [0.25, 0.3) is 0 Å². The highest BCUT2D eigenvalue weighted by Crippen LogP contribution is 2.31. The normalized spacial score (nSPS) is 13.3. The minimum absolute atomic E-state index is 0.300. The highest BCUT2D eigenvalue weighted by Gasteiger charge is 2.26. The van der Waals surface area contributed by atoms with Crippen molar-refractivity contribution in [2.75, 3.05) is 0 Å². The van der Waals surface area contributed by atoms with E-state index in [1.54, 1.807) is 0 Å². The van der Waals surface area contributed by atoms with Crippen LogP contribution in [0, 0.1) is 11.3 Å². The molecule has 1 unspecified atom stereocenters. The average molecular weight is 210 g/mol. The molecule has 0 aromatic carbocycles. The van der Waals surface area contributed by atoms with Gasteiger partial charge in [-0.05, 0) is 24.2 Å². The number of aliphatic carboxylic acids is 1. The fourth-order valence-electron chi connectivity index (χ4n) is 1.42. The fraction of sp³-hybridized carbons (Fsp3) is 0.615. The van der Waals surface area contributed by atoms with Crippen LogP contribution < -0.4 is 0 Å². The molecule has 0 heterocycles. The quantitative estimate of drug-likeness (QED) is 0.514. The molecule has 15 heavy (non-hydrogen) atoms. The number of hydrogen-bond donors (Lipinski definition) is 1. The third-order valence-electron chi connectivity index (χ3n) is 2.94. The van der Waals surface area contributed by atoms with Crippen LogP contribution >= 0.6 is 0 Å². The molecule has 0 aliphatic heterocycles. The van der Waals surface area contributed by atoms with Crippen LogP contribution in [0.2, 0.25) is 0 Å². The van der Waals surface area contributed by atoms with Crippen molar-refractivity contribution in [1.29, 1.82) is 0 Å². The number of allylic oxidation sites excluding steroid dienone is 1. The Labute approximate surface area is 92.7 Å². The molecule has 0 aliphatic carbocycles. The highest BCUT2D eigenvalue weighted by atomic mass is 16.4. The van der Waals surface area contributed by atoms with Crippen molar-refractivity contribution < 1.29 is 9.90 Å². The van der Waals surface area contributed by atoms with E-state index >= 15 is 0 Å². The lowest BCUT2D eigenvalue weighted by molar-refractivity contribution is -0.133. The first kappa shape index (κ1) is 13.9. The molecule has 1 atom stereocenters. The van der Waals surface area contributed by atoms with E-state index < -0.39 is 5.97 Å². The lowest BCUT2D eigenvalue weighted by Gasteiger charge is -2.24. The van der Waals surface area contributed by atoms with E-state index in [2.05, 4.69) is 20.1 Å². The first-order valence-corrected chi connectivity index (χ1v) is 5.36. The Bertz CT molecular complexity index is 251. The molecular weight excluding hydrogens is 188 g/mol. The largest absolute Gasteiger partial charge is 0.478 e.